The number of carboxylic acid groups (broad SMARTS) is 1. The van der Waals surface area contributed by atoms with Crippen LogP contribution in [0.3, 0.4) is 0 Å². The second-order valence-electron chi connectivity index (χ2n) is 7.04. The number of hydrogen-bond acceptors (Lipinski definition) is 3. The number of carbonyl (C=O) groups excluding carboxylic acids is 1. The van der Waals surface area contributed by atoms with Crippen molar-refractivity contribution in [2.24, 2.45) is 0 Å². The molecule has 1 aliphatic rings. The molecule has 1 aliphatic heterocycles. The number of carbonyl (C=O) groups is 2. The molecule has 4 rings (SSSR count). The average Bonchev–Trinajstić information content (AvgIpc) is 2.74. The summed E-state index contributed by atoms with van der Waals surface area (Å²) in [6.07, 6.45) is 0.988. The van der Waals surface area contributed by atoms with Gasteiger partial charge >= 0.3 is 5.97 Å². The number of fused-ring (bicyclic) bond motifs is 2. The van der Waals surface area contributed by atoms with Gasteiger partial charge in [-0.3, -0.25) is 4.79 Å². The molecule has 3 aromatic carbocycles. The van der Waals surface area contributed by atoms with Gasteiger partial charge in [0.2, 0.25) is 5.91 Å². The predicted molar refractivity (Wildman–Crippen MR) is 110 cm³/mol. The number of para-hydroxylation sites is 2. The normalized spacial score (nSPS) is 12.4. The lowest BCUT2D eigenvalue weighted by atomic mass is 9.85. The molecule has 0 bridgehead atoms. The number of nitrogens with one attached hydrogen (secondary N) is 1. The zero-order valence-electron chi connectivity index (χ0n) is 15.8. The van der Waals surface area contributed by atoms with Crippen LogP contribution in [0.15, 0.2) is 72.8 Å². The zero-order valence-corrected chi connectivity index (χ0v) is 15.8. The molecule has 0 radical (unpaired) electrons. The summed E-state index contributed by atoms with van der Waals surface area (Å²) in [6.45, 7) is 0.498. The number of amides is 1. The minimum atomic E-state index is -0.943. The topological polar surface area (TPSA) is 75.6 Å². The van der Waals surface area contributed by atoms with Crippen LogP contribution in [-0.2, 0) is 11.2 Å². The van der Waals surface area contributed by atoms with Crippen LogP contribution >= 0.6 is 0 Å². The molecule has 0 unspecified atom stereocenters. The molecular formula is C24H21NO4. The Hall–Kier alpha value is -3.60. The van der Waals surface area contributed by atoms with Crippen LogP contribution in [0.25, 0.3) is 0 Å². The van der Waals surface area contributed by atoms with Crippen molar-refractivity contribution >= 4 is 11.9 Å². The summed E-state index contributed by atoms with van der Waals surface area (Å²) in [5.74, 6) is 0.571. The summed E-state index contributed by atoms with van der Waals surface area (Å²) in [4.78, 5) is 23.5. The van der Waals surface area contributed by atoms with E-state index in [0.29, 0.717) is 19.4 Å². The van der Waals surface area contributed by atoms with E-state index in [1.165, 1.54) is 0 Å². The smallest absolute Gasteiger partial charge is 0.335 e. The van der Waals surface area contributed by atoms with Crippen molar-refractivity contribution in [3.05, 3.63) is 95.1 Å². The molecular weight excluding hydrogens is 366 g/mol. The van der Waals surface area contributed by atoms with Gasteiger partial charge in [0, 0.05) is 30.0 Å². The minimum Gasteiger partial charge on any atom is -0.478 e. The number of rotatable bonds is 6. The molecule has 1 amide bonds. The van der Waals surface area contributed by atoms with E-state index < -0.39 is 5.97 Å². The van der Waals surface area contributed by atoms with Gasteiger partial charge in [-0.15, -0.1) is 0 Å². The summed E-state index contributed by atoms with van der Waals surface area (Å²) in [5, 5.41) is 11.9. The fourth-order valence-corrected chi connectivity index (χ4v) is 3.65. The van der Waals surface area contributed by atoms with Gasteiger partial charge < -0.3 is 15.2 Å². The third-order valence-corrected chi connectivity index (χ3v) is 5.14. The van der Waals surface area contributed by atoms with Gasteiger partial charge in [-0.2, -0.15) is 0 Å². The molecule has 0 fully saturated rings. The monoisotopic (exact) mass is 387 g/mol. The first-order chi connectivity index (χ1) is 14.1. The summed E-state index contributed by atoms with van der Waals surface area (Å²) in [5.41, 5.74) is 3.28. The molecule has 29 heavy (non-hydrogen) atoms. The summed E-state index contributed by atoms with van der Waals surface area (Å²) < 4.78 is 5.98. The van der Waals surface area contributed by atoms with E-state index in [0.717, 1.165) is 28.2 Å². The van der Waals surface area contributed by atoms with Crippen molar-refractivity contribution in [2.75, 3.05) is 6.54 Å². The van der Waals surface area contributed by atoms with E-state index in [9.17, 15) is 9.59 Å². The molecule has 5 nitrogen and oxygen atoms in total. The maximum atomic E-state index is 12.6. The maximum Gasteiger partial charge on any atom is 0.335 e. The summed E-state index contributed by atoms with van der Waals surface area (Å²) in [6, 6.07) is 22.4. The SMILES string of the molecule is O=C(CC1c2ccccc2Oc2ccccc21)NCCc1ccc(C(=O)O)cc1. The van der Waals surface area contributed by atoms with Crippen LogP contribution in [0.2, 0.25) is 0 Å². The number of ether oxygens (including phenoxy) is 1. The Morgan fingerprint density at radius 1 is 0.862 bits per heavy atom. The van der Waals surface area contributed by atoms with Gasteiger partial charge in [-0.1, -0.05) is 48.5 Å². The van der Waals surface area contributed by atoms with Crippen molar-refractivity contribution in [3.8, 4) is 11.5 Å². The summed E-state index contributed by atoms with van der Waals surface area (Å²) in [7, 11) is 0. The largest absolute Gasteiger partial charge is 0.478 e. The third-order valence-electron chi connectivity index (χ3n) is 5.14. The van der Waals surface area contributed by atoms with Crippen molar-refractivity contribution in [2.45, 2.75) is 18.8 Å². The molecule has 0 saturated carbocycles. The van der Waals surface area contributed by atoms with Crippen molar-refractivity contribution in [3.63, 3.8) is 0 Å². The van der Waals surface area contributed by atoms with Crippen LogP contribution in [0.5, 0.6) is 11.5 Å². The number of benzene rings is 3. The molecule has 3 aromatic rings. The molecule has 5 heteroatoms. The van der Waals surface area contributed by atoms with Gasteiger partial charge in [-0.05, 0) is 36.2 Å². The van der Waals surface area contributed by atoms with E-state index in [1.807, 2.05) is 48.5 Å². The Kier molecular flexibility index (Phi) is 5.29. The fraction of sp³-hybridized carbons (Fsp3) is 0.167. The predicted octanol–water partition coefficient (Wildman–Crippen LogP) is 4.37. The lowest BCUT2D eigenvalue weighted by Gasteiger charge is -2.27. The van der Waals surface area contributed by atoms with Crippen LogP contribution < -0.4 is 10.1 Å². The van der Waals surface area contributed by atoms with Crippen LogP contribution in [0.1, 0.15) is 39.4 Å². The lowest BCUT2D eigenvalue weighted by Crippen LogP contribution is -2.28. The standard InChI is InChI=1S/C24H21NO4/c26-23(25-14-13-16-9-11-17(12-10-16)24(27)28)15-20-18-5-1-3-7-21(18)29-22-8-4-2-6-19(20)22/h1-12,20H,13-15H2,(H,25,26)(H,27,28). The molecule has 0 atom stereocenters. The van der Waals surface area contributed by atoms with Gasteiger partial charge in [0.15, 0.2) is 0 Å². The molecule has 0 spiro atoms. The minimum absolute atomic E-state index is 0.0244. The maximum absolute atomic E-state index is 12.6. The number of hydrogen-bond donors (Lipinski definition) is 2. The highest BCUT2D eigenvalue weighted by molar-refractivity contribution is 5.87. The second kappa shape index (κ2) is 8.19. The Morgan fingerprint density at radius 3 is 2.03 bits per heavy atom. The lowest BCUT2D eigenvalue weighted by molar-refractivity contribution is -0.121. The van der Waals surface area contributed by atoms with Crippen LogP contribution in [0, 0.1) is 0 Å². The number of carboxylic acids is 1. The molecule has 0 aromatic heterocycles. The number of aromatic carboxylic acids is 1. The van der Waals surface area contributed by atoms with E-state index >= 15 is 0 Å². The summed E-state index contributed by atoms with van der Waals surface area (Å²) >= 11 is 0. The Labute approximate surface area is 169 Å². The Bertz CT molecular complexity index is 997. The van der Waals surface area contributed by atoms with E-state index in [-0.39, 0.29) is 17.4 Å². The van der Waals surface area contributed by atoms with E-state index in [2.05, 4.69) is 5.32 Å². The molecule has 0 saturated heterocycles. The van der Waals surface area contributed by atoms with Crippen molar-refractivity contribution < 1.29 is 19.4 Å². The second-order valence-corrected chi connectivity index (χ2v) is 7.04. The third kappa shape index (κ3) is 4.14. The molecule has 0 aliphatic carbocycles. The highest BCUT2D eigenvalue weighted by Gasteiger charge is 2.28. The zero-order chi connectivity index (χ0) is 20.2. The Balaban J connectivity index is 1.40. The van der Waals surface area contributed by atoms with Gasteiger partial charge in [0.05, 0.1) is 5.56 Å². The van der Waals surface area contributed by atoms with E-state index in [4.69, 9.17) is 9.84 Å². The first kappa shape index (κ1) is 18.7. The first-order valence-corrected chi connectivity index (χ1v) is 9.56. The van der Waals surface area contributed by atoms with E-state index in [1.54, 1.807) is 24.3 Å². The fourth-order valence-electron chi connectivity index (χ4n) is 3.65. The molecule has 1 heterocycles. The molecule has 2 N–H and O–H groups in total. The molecule has 146 valence electrons. The highest BCUT2D eigenvalue weighted by atomic mass is 16.5. The first-order valence-electron chi connectivity index (χ1n) is 9.56. The van der Waals surface area contributed by atoms with Crippen molar-refractivity contribution in [1.82, 2.24) is 5.32 Å². The Morgan fingerprint density at radius 2 is 1.45 bits per heavy atom. The van der Waals surface area contributed by atoms with Crippen LogP contribution in [0.4, 0.5) is 0 Å². The highest BCUT2D eigenvalue weighted by Crippen LogP contribution is 2.45. The van der Waals surface area contributed by atoms with Gasteiger partial charge in [0.25, 0.3) is 0 Å². The van der Waals surface area contributed by atoms with Gasteiger partial charge in [0.1, 0.15) is 11.5 Å². The quantitative estimate of drug-likeness (QED) is 0.658. The van der Waals surface area contributed by atoms with Crippen molar-refractivity contribution in [1.29, 1.82) is 0 Å². The average molecular weight is 387 g/mol. The van der Waals surface area contributed by atoms with Gasteiger partial charge in [-0.25, -0.2) is 4.79 Å². The van der Waals surface area contributed by atoms with Crippen LogP contribution in [-0.4, -0.2) is 23.5 Å².